The molecule has 0 saturated heterocycles. The first-order valence-corrected chi connectivity index (χ1v) is 9.83. The first-order valence-electron chi connectivity index (χ1n) is 9.02. The zero-order valence-corrected chi connectivity index (χ0v) is 17.5. The number of aromatic nitrogens is 1. The van der Waals surface area contributed by atoms with Crippen LogP contribution in [-0.2, 0) is 16.1 Å². The van der Waals surface area contributed by atoms with Gasteiger partial charge in [-0.15, -0.1) is 11.3 Å². The summed E-state index contributed by atoms with van der Waals surface area (Å²) in [6, 6.07) is 5.69. The predicted molar refractivity (Wildman–Crippen MR) is 105 cm³/mol. The molecular formula is C20H25FN2O4S. The first-order chi connectivity index (χ1) is 13.2. The smallest absolute Gasteiger partial charge is 0.350 e. The number of benzene rings is 1. The Kier molecular flexibility index (Phi) is 7.51. The van der Waals surface area contributed by atoms with Crippen molar-refractivity contribution in [2.24, 2.45) is 0 Å². The molecule has 0 aliphatic rings. The van der Waals surface area contributed by atoms with Gasteiger partial charge < -0.3 is 14.4 Å². The zero-order chi connectivity index (χ0) is 20.8. The number of hydrogen-bond donors (Lipinski definition) is 0. The number of hydrogen-bond acceptors (Lipinski definition) is 6. The number of halogens is 1. The van der Waals surface area contributed by atoms with Crippen LogP contribution in [0.25, 0.3) is 0 Å². The largest absolute Gasteiger partial charge is 0.486 e. The Morgan fingerprint density at radius 3 is 2.32 bits per heavy atom. The monoisotopic (exact) mass is 408 g/mol. The van der Waals surface area contributed by atoms with Gasteiger partial charge in [0.15, 0.2) is 6.61 Å². The fourth-order valence-electron chi connectivity index (χ4n) is 2.82. The van der Waals surface area contributed by atoms with E-state index in [1.165, 1.54) is 24.3 Å². The van der Waals surface area contributed by atoms with Crippen molar-refractivity contribution in [1.29, 1.82) is 0 Å². The van der Waals surface area contributed by atoms with Gasteiger partial charge in [-0.2, -0.15) is 0 Å². The molecule has 0 unspecified atom stereocenters. The van der Waals surface area contributed by atoms with Crippen LogP contribution in [-0.4, -0.2) is 40.5 Å². The topological polar surface area (TPSA) is 68.7 Å². The van der Waals surface area contributed by atoms with Gasteiger partial charge in [0.25, 0.3) is 5.91 Å². The quantitative estimate of drug-likeness (QED) is 0.618. The highest BCUT2D eigenvalue weighted by Gasteiger charge is 2.23. The SMILES string of the molecule is Cc1nc(COc2ccc(F)cc2)sc1C(=O)OCC(=O)N(C(C)C)C(C)C. The van der Waals surface area contributed by atoms with E-state index in [2.05, 4.69) is 4.98 Å². The maximum absolute atomic E-state index is 12.9. The number of carbonyl (C=O) groups excluding carboxylic acids is 2. The van der Waals surface area contributed by atoms with Crippen LogP contribution in [0.2, 0.25) is 0 Å². The second-order valence-corrected chi connectivity index (χ2v) is 7.91. The van der Waals surface area contributed by atoms with Crippen molar-refractivity contribution < 1.29 is 23.5 Å². The molecule has 1 aromatic carbocycles. The number of nitrogens with zero attached hydrogens (tertiary/aromatic N) is 2. The van der Waals surface area contributed by atoms with E-state index in [1.807, 2.05) is 27.7 Å². The standard InChI is InChI=1S/C20H25FN2O4S/c1-12(2)23(13(3)4)18(24)11-27-20(25)19-14(5)22-17(28-19)10-26-16-8-6-15(21)7-9-16/h6-9,12-13H,10-11H2,1-5H3. The molecule has 1 heterocycles. The number of carbonyl (C=O) groups is 2. The van der Waals surface area contributed by atoms with Gasteiger partial charge in [0.05, 0.1) is 5.69 Å². The van der Waals surface area contributed by atoms with Gasteiger partial charge >= 0.3 is 5.97 Å². The molecule has 152 valence electrons. The number of rotatable bonds is 8. The normalized spacial score (nSPS) is 11.0. The molecule has 2 aromatic rings. The van der Waals surface area contributed by atoms with Gasteiger partial charge in [0, 0.05) is 12.1 Å². The highest BCUT2D eigenvalue weighted by molar-refractivity contribution is 7.13. The van der Waals surface area contributed by atoms with Crippen LogP contribution in [0.5, 0.6) is 5.75 Å². The van der Waals surface area contributed by atoms with E-state index in [1.54, 1.807) is 11.8 Å². The van der Waals surface area contributed by atoms with Crippen LogP contribution in [0.4, 0.5) is 4.39 Å². The lowest BCUT2D eigenvalue weighted by Crippen LogP contribution is -2.44. The maximum atomic E-state index is 12.9. The molecule has 0 aliphatic heterocycles. The summed E-state index contributed by atoms with van der Waals surface area (Å²) in [5.41, 5.74) is 0.518. The zero-order valence-electron chi connectivity index (χ0n) is 16.7. The number of thiazole rings is 1. The number of aryl methyl sites for hydroxylation is 1. The third kappa shape index (κ3) is 5.76. The average Bonchev–Trinajstić information content (AvgIpc) is 2.99. The second-order valence-electron chi connectivity index (χ2n) is 6.83. The lowest BCUT2D eigenvalue weighted by atomic mass is 10.2. The van der Waals surface area contributed by atoms with E-state index in [0.717, 1.165) is 11.3 Å². The first kappa shape index (κ1) is 21.8. The lowest BCUT2D eigenvalue weighted by molar-refractivity contribution is -0.138. The van der Waals surface area contributed by atoms with Crippen molar-refractivity contribution in [1.82, 2.24) is 9.88 Å². The Balaban J connectivity index is 1.95. The molecule has 1 amide bonds. The summed E-state index contributed by atoms with van der Waals surface area (Å²) < 4.78 is 23.7. The second kappa shape index (κ2) is 9.64. The Morgan fingerprint density at radius 1 is 1.14 bits per heavy atom. The third-order valence-corrected chi connectivity index (χ3v) is 5.04. The van der Waals surface area contributed by atoms with Gasteiger partial charge in [-0.05, 0) is 58.9 Å². The Bertz CT molecular complexity index is 810. The molecule has 2 rings (SSSR count). The molecule has 0 saturated carbocycles. The maximum Gasteiger partial charge on any atom is 0.350 e. The summed E-state index contributed by atoms with van der Waals surface area (Å²) >= 11 is 1.15. The molecule has 8 heteroatoms. The summed E-state index contributed by atoms with van der Waals surface area (Å²) in [6.45, 7) is 9.21. The fourth-order valence-corrected chi connectivity index (χ4v) is 3.69. The minimum atomic E-state index is -0.580. The lowest BCUT2D eigenvalue weighted by Gasteiger charge is -2.30. The van der Waals surface area contributed by atoms with E-state index >= 15 is 0 Å². The molecule has 0 spiro atoms. The Labute approximate surface area is 168 Å². The number of esters is 1. The van der Waals surface area contributed by atoms with E-state index < -0.39 is 5.97 Å². The van der Waals surface area contributed by atoms with Gasteiger partial charge in [0.2, 0.25) is 0 Å². The van der Waals surface area contributed by atoms with Crippen LogP contribution in [0, 0.1) is 12.7 Å². The van der Waals surface area contributed by atoms with Gasteiger partial charge in [-0.3, -0.25) is 4.79 Å². The third-order valence-electron chi connectivity index (χ3n) is 3.93. The molecule has 28 heavy (non-hydrogen) atoms. The molecule has 1 aromatic heterocycles. The number of amides is 1. The van der Waals surface area contributed by atoms with Crippen molar-refractivity contribution in [2.45, 2.75) is 53.3 Å². The minimum absolute atomic E-state index is 0.0200. The van der Waals surface area contributed by atoms with Gasteiger partial charge in [0.1, 0.15) is 28.1 Å². The average molecular weight is 408 g/mol. The highest BCUT2D eigenvalue weighted by atomic mass is 32.1. The van der Waals surface area contributed by atoms with Crippen molar-refractivity contribution >= 4 is 23.2 Å². The molecular weight excluding hydrogens is 383 g/mol. The van der Waals surface area contributed by atoms with E-state index in [-0.39, 0.29) is 37.0 Å². The molecule has 0 radical (unpaired) electrons. The number of ether oxygens (including phenoxy) is 2. The van der Waals surface area contributed by atoms with Gasteiger partial charge in [-0.1, -0.05) is 0 Å². The molecule has 0 aliphatic carbocycles. The van der Waals surface area contributed by atoms with Crippen LogP contribution < -0.4 is 4.74 Å². The predicted octanol–water partition coefficient (Wildman–Crippen LogP) is 3.97. The molecule has 0 N–H and O–H groups in total. The van der Waals surface area contributed by atoms with E-state index in [9.17, 15) is 14.0 Å². The summed E-state index contributed by atoms with van der Waals surface area (Å²) in [7, 11) is 0. The van der Waals surface area contributed by atoms with Crippen LogP contribution in [0.1, 0.15) is 48.1 Å². The molecule has 0 fully saturated rings. The Hall–Kier alpha value is -2.48. The highest BCUT2D eigenvalue weighted by Crippen LogP contribution is 2.21. The van der Waals surface area contributed by atoms with Crippen LogP contribution in [0.3, 0.4) is 0 Å². The van der Waals surface area contributed by atoms with Gasteiger partial charge in [-0.25, -0.2) is 14.2 Å². The van der Waals surface area contributed by atoms with Crippen LogP contribution >= 0.6 is 11.3 Å². The summed E-state index contributed by atoms with van der Waals surface area (Å²) in [6.07, 6.45) is 0. The summed E-state index contributed by atoms with van der Waals surface area (Å²) in [5.74, 6) is -0.652. The Morgan fingerprint density at radius 2 is 1.75 bits per heavy atom. The molecule has 6 nitrogen and oxygen atoms in total. The summed E-state index contributed by atoms with van der Waals surface area (Å²) in [4.78, 5) is 31.0. The summed E-state index contributed by atoms with van der Waals surface area (Å²) in [5, 5.41) is 0.589. The van der Waals surface area contributed by atoms with Crippen molar-refractivity contribution in [3.63, 3.8) is 0 Å². The van der Waals surface area contributed by atoms with Crippen molar-refractivity contribution in [2.75, 3.05) is 6.61 Å². The fraction of sp³-hybridized carbons (Fsp3) is 0.450. The van der Waals surface area contributed by atoms with Crippen LogP contribution in [0.15, 0.2) is 24.3 Å². The van der Waals surface area contributed by atoms with Crippen molar-refractivity contribution in [3.8, 4) is 5.75 Å². The van der Waals surface area contributed by atoms with E-state index in [4.69, 9.17) is 9.47 Å². The molecule has 0 bridgehead atoms. The minimum Gasteiger partial charge on any atom is -0.486 e. The molecule has 0 atom stereocenters. The van der Waals surface area contributed by atoms with Crippen molar-refractivity contribution in [3.05, 3.63) is 45.7 Å². The van der Waals surface area contributed by atoms with E-state index in [0.29, 0.717) is 21.3 Å².